The number of nitrogens with two attached hydrogens (primary N) is 1. The molecule has 0 spiro atoms. The van der Waals surface area contributed by atoms with Crippen molar-refractivity contribution in [3.63, 3.8) is 0 Å². The van der Waals surface area contributed by atoms with Crippen LogP contribution in [0.4, 0.5) is 0 Å². The van der Waals surface area contributed by atoms with Crippen LogP contribution in [0.5, 0.6) is 0 Å². The molecule has 0 bridgehead atoms. The molecule has 15 heavy (non-hydrogen) atoms. The van der Waals surface area contributed by atoms with Gasteiger partial charge in [0, 0.05) is 7.05 Å². The summed E-state index contributed by atoms with van der Waals surface area (Å²) in [7, 11) is 1.85. The van der Waals surface area contributed by atoms with Crippen LogP contribution in [0.2, 0.25) is 0 Å². The van der Waals surface area contributed by atoms with Crippen LogP contribution in [0.15, 0.2) is 36.7 Å². The molecule has 78 valence electrons. The van der Waals surface area contributed by atoms with E-state index in [4.69, 9.17) is 5.73 Å². The number of aryl methyl sites for hydroxylation is 1. The van der Waals surface area contributed by atoms with E-state index in [1.165, 1.54) is 11.9 Å². The highest BCUT2D eigenvalue weighted by Crippen LogP contribution is 2.12. The molecule has 4 heteroatoms. The van der Waals surface area contributed by atoms with Gasteiger partial charge in [-0.3, -0.25) is 4.68 Å². The molecule has 0 aliphatic heterocycles. The highest BCUT2D eigenvalue weighted by Gasteiger charge is 2.11. The van der Waals surface area contributed by atoms with E-state index in [1.807, 2.05) is 25.2 Å². The Kier molecular flexibility index (Phi) is 2.78. The maximum Gasteiger partial charge on any atom is 0.143 e. The lowest BCUT2D eigenvalue weighted by molar-refractivity contribution is 0.601. The third-order valence-electron chi connectivity index (χ3n) is 2.38. The average Bonchev–Trinajstić information content (AvgIpc) is 2.66. The van der Waals surface area contributed by atoms with Crippen LogP contribution >= 0.6 is 0 Å². The SMILES string of the molecule is Cn1ncnc1C(N)Cc1ccccc1. The van der Waals surface area contributed by atoms with Crippen molar-refractivity contribution in [1.29, 1.82) is 0 Å². The molecular weight excluding hydrogens is 188 g/mol. The first-order valence-electron chi connectivity index (χ1n) is 4.91. The Morgan fingerprint density at radius 3 is 2.67 bits per heavy atom. The molecule has 1 heterocycles. The predicted molar refractivity (Wildman–Crippen MR) is 58.1 cm³/mol. The first-order chi connectivity index (χ1) is 7.27. The molecule has 2 rings (SSSR count). The summed E-state index contributed by atoms with van der Waals surface area (Å²) in [5.74, 6) is 0.818. The summed E-state index contributed by atoms with van der Waals surface area (Å²) in [5, 5.41) is 4.00. The van der Waals surface area contributed by atoms with Gasteiger partial charge in [-0.25, -0.2) is 4.98 Å². The first-order valence-corrected chi connectivity index (χ1v) is 4.91. The minimum absolute atomic E-state index is 0.0973. The molecule has 1 aromatic carbocycles. The van der Waals surface area contributed by atoms with Gasteiger partial charge in [0.2, 0.25) is 0 Å². The molecule has 0 fully saturated rings. The van der Waals surface area contributed by atoms with Crippen LogP contribution in [0, 0.1) is 0 Å². The Hall–Kier alpha value is -1.68. The third kappa shape index (κ3) is 2.22. The number of nitrogens with zero attached hydrogens (tertiary/aromatic N) is 3. The highest BCUT2D eigenvalue weighted by molar-refractivity contribution is 5.17. The number of aromatic nitrogens is 3. The summed E-state index contributed by atoms with van der Waals surface area (Å²) < 4.78 is 1.72. The van der Waals surface area contributed by atoms with Crippen LogP contribution in [-0.4, -0.2) is 14.8 Å². The number of rotatable bonds is 3. The van der Waals surface area contributed by atoms with Crippen molar-refractivity contribution >= 4 is 0 Å². The van der Waals surface area contributed by atoms with Crippen molar-refractivity contribution in [3.8, 4) is 0 Å². The summed E-state index contributed by atoms with van der Waals surface area (Å²) >= 11 is 0. The monoisotopic (exact) mass is 202 g/mol. The maximum atomic E-state index is 6.05. The Labute approximate surface area is 88.8 Å². The Balaban J connectivity index is 2.11. The molecule has 0 aliphatic rings. The van der Waals surface area contributed by atoms with E-state index in [0.717, 1.165) is 12.2 Å². The zero-order chi connectivity index (χ0) is 10.7. The van der Waals surface area contributed by atoms with E-state index in [9.17, 15) is 0 Å². The van der Waals surface area contributed by atoms with Crippen molar-refractivity contribution < 1.29 is 0 Å². The summed E-state index contributed by atoms with van der Waals surface area (Å²) in [6.07, 6.45) is 2.31. The Bertz CT molecular complexity index is 421. The normalized spacial score (nSPS) is 12.7. The molecule has 0 radical (unpaired) electrons. The van der Waals surface area contributed by atoms with Gasteiger partial charge < -0.3 is 5.73 Å². The van der Waals surface area contributed by atoms with Gasteiger partial charge in [0.25, 0.3) is 0 Å². The van der Waals surface area contributed by atoms with Crippen LogP contribution in [0.1, 0.15) is 17.4 Å². The summed E-state index contributed by atoms with van der Waals surface area (Å²) in [6.45, 7) is 0. The van der Waals surface area contributed by atoms with Crippen molar-refractivity contribution in [3.05, 3.63) is 48.0 Å². The summed E-state index contributed by atoms with van der Waals surface area (Å²) in [5.41, 5.74) is 7.26. The fraction of sp³-hybridized carbons (Fsp3) is 0.273. The molecule has 1 aromatic heterocycles. The molecule has 2 aromatic rings. The maximum absolute atomic E-state index is 6.05. The molecule has 0 saturated carbocycles. The van der Waals surface area contributed by atoms with E-state index < -0.39 is 0 Å². The molecule has 1 unspecified atom stereocenters. The lowest BCUT2D eigenvalue weighted by atomic mass is 10.1. The van der Waals surface area contributed by atoms with Gasteiger partial charge in [0.05, 0.1) is 6.04 Å². The quantitative estimate of drug-likeness (QED) is 0.809. The fourth-order valence-corrected chi connectivity index (χ4v) is 1.60. The Morgan fingerprint density at radius 1 is 1.33 bits per heavy atom. The second-order valence-corrected chi connectivity index (χ2v) is 3.54. The fourth-order valence-electron chi connectivity index (χ4n) is 1.60. The van der Waals surface area contributed by atoms with Gasteiger partial charge in [-0.15, -0.1) is 0 Å². The van der Waals surface area contributed by atoms with Gasteiger partial charge in [-0.1, -0.05) is 30.3 Å². The lowest BCUT2D eigenvalue weighted by Crippen LogP contribution is -2.18. The second kappa shape index (κ2) is 4.23. The summed E-state index contributed by atoms with van der Waals surface area (Å²) in [6, 6.07) is 10.1. The number of hydrogen-bond donors (Lipinski definition) is 1. The van der Waals surface area contributed by atoms with Crippen molar-refractivity contribution in [2.75, 3.05) is 0 Å². The van der Waals surface area contributed by atoms with Gasteiger partial charge >= 0.3 is 0 Å². The average molecular weight is 202 g/mol. The van der Waals surface area contributed by atoms with E-state index in [0.29, 0.717) is 0 Å². The van der Waals surface area contributed by atoms with E-state index in [2.05, 4.69) is 22.2 Å². The zero-order valence-corrected chi connectivity index (χ0v) is 8.67. The molecule has 0 aliphatic carbocycles. The minimum Gasteiger partial charge on any atom is -0.321 e. The number of benzene rings is 1. The molecular formula is C11H14N4. The van der Waals surface area contributed by atoms with E-state index in [-0.39, 0.29) is 6.04 Å². The summed E-state index contributed by atoms with van der Waals surface area (Å²) in [4.78, 5) is 4.14. The zero-order valence-electron chi connectivity index (χ0n) is 8.67. The van der Waals surface area contributed by atoms with E-state index >= 15 is 0 Å². The highest BCUT2D eigenvalue weighted by atomic mass is 15.3. The van der Waals surface area contributed by atoms with Crippen LogP contribution in [0.3, 0.4) is 0 Å². The van der Waals surface area contributed by atoms with Crippen molar-refractivity contribution in [2.45, 2.75) is 12.5 Å². The third-order valence-corrected chi connectivity index (χ3v) is 2.38. The van der Waals surface area contributed by atoms with Gasteiger partial charge in [0.1, 0.15) is 12.2 Å². The van der Waals surface area contributed by atoms with Crippen molar-refractivity contribution in [2.24, 2.45) is 12.8 Å². The van der Waals surface area contributed by atoms with Crippen LogP contribution in [0.25, 0.3) is 0 Å². The van der Waals surface area contributed by atoms with Gasteiger partial charge in [-0.2, -0.15) is 5.10 Å². The molecule has 2 N–H and O–H groups in total. The Morgan fingerprint density at radius 2 is 2.07 bits per heavy atom. The molecule has 0 saturated heterocycles. The van der Waals surface area contributed by atoms with Gasteiger partial charge in [0.15, 0.2) is 0 Å². The second-order valence-electron chi connectivity index (χ2n) is 3.54. The molecule has 0 amide bonds. The van der Waals surface area contributed by atoms with E-state index in [1.54, 1.807) is 4.68 Å². The van der Waals surface area contributed by atoms with Gasteiger partial charge in [-0.05, 0) is 12.0 Å². The number of hydrogen-bond acceptors (Lipinski definition) is 3. The molecule has 4 nitrogen and oxygen atoms in total. The largest absolute Gasteiger partial charge is 0.321 e. The lowest BCUT2D eigenvalue weighted by Gasteiger charge is -2.10. The first kappa shape index (κ1) is 9.86. The predicted octanol–water partition coefficient (Wildman–Crippen LogP) is 1.06. The standard InChI is InChI=1S/C11H14N4/c1-15-11(13-8-14-15)10(12)7-9-5-3-2-4-6-9/h2-6,8,10H,7,12H2,1H3. The van der Waals surface area contributed by atoms with Crippen molar-refractivity contribution in [1.82, 2.24) is 14.8 Å². The molecule has 1 atom stereocenters. The minimum atomic E-state index is -0.0973. The topological polar surface area (TPSA) is 56.7 Å². The van der Waals surface area contributed by atoms with Crippen LogP contribution < -0.4 is 5.73 Å². The van der Waals surface area contributed by atoms with Crippen LogP contribution in [-0.2, 0) is 13.5 Å². The smallest absolute Gasteiger partial charge is 0.143 e.